The molecule has 2 rings (SSSR count). The minimum absolute atomic E-state index is 0.0568. The summed E-state index contributed by atoms with van der Waals surface area (Å²) in [5.41, 5.74) is -0.0568. The number of hydrogen-bond acceptors (Lipinski definition) is 5. The summed E-state index contributed by atoms with van der Waals surface area (Å²) in [5, 5.41) is 12.0. The first-order valence-corrected chi connectivity index (χ1v) is 8.76. The molecule has 2 N–H and O–H groups in total. The van der Waals surface area contributed by atoms with Crippen molar-refractivity contribution in [2.24, 2.45) is 5.41 Å². The number of hydrogen-bond donors (Lipinski definition) is 2. The predicted octanol–water partition coefficient (Wildman–Crippen LogP) is 1.12. The van der Waals surface area contributed by atoms with E-state index in [0.717, 1.165) is 38.5 Å². The molecule has 1 aromatic rings. The number of rotatable bonds is 8. The van der Waals surface area contributed by atoms with Gasteiger partial charge in [-0.3, -0.25) is 9.69 Å². The number of carbonyl (C=O) groups is 1. The third kappa shape index (κ3) is 6.09. The van der Waals surface area contributed by atoms with Crippen LogP contribution in [0.25, 0.3) is 0 Å². The average molecular weight is 334 g/mol. The number of nitrogens with one attached hydrogen (secondary N) is 1. The molecule has 1 amide bonds. The maximum atomic E-state index is 12.0. The van der Waals surface area contributed by atoms with E-state index in [1.165, 1.54) is 0 Å². The molecule has 0 atom stereocenters. The molecule has 0 radical (unpaired) electrons. The molecule has 6 heteroatoms. The normalized spacial score (nSPS) is 16.2. The second kappa shape index (κ2) is 8.99. The number of aliphatic hydroxyl groups excluding tert-OH is 1. The molecule has 0 aromatic carbocycles. The monoisotopic (exact) mass is 334 g/mol. The van der Waals surface area contributed by atoms with Crippen LogP contribution in [0, 0.1) is 5.41 Å². The standard InChI is InChI=1S/C18H30N4O2/c1-18(2,7-14-23)15-20-17(24)6-9-21-10-12-22(13-11-21)16-5-3-4-8-19-16/h3-5,8,23H,6-7,9-15H2,1-2H3,(H,20,24). The maximum absolute atomic E-state index is 12.0. The second-order valence-electron chi connectivity index (χ2n) is 7.18. The van der Waals surface area contributed by atoms with Crippen molar-refractivity contribution >= 4 is 11.7 Å². The Morgan fingerprint density at radius 3 is 2.67 bits per heavy atom. The van der Waals surface area contributed by atoms with E-state index in [4.69, 9.17) is 5.11 Å². The van der Waals surface area contributed by atoms with E-state index >= 15 is 0 Å². The molecule has 1 fully saturated rings. The molecule has 2 heterocycles. The molecular formula is C18H30N4O2. The van der Waals surface area contributed by atoms with Gasteiger partial charge in [-0.15, -0.1) is 0 Å². The topological polar surface area (TPSA) is 68.7 Å². The summed E-state index contributed by atoms with van der Waals surface area (Å²) in [4.78, 5) is 21.0. The summed E-state index contributed by atoms with van der Waals surface area (Å²) in [5.74, 6) is 1.12. The van der Waals surface area contributed by atoms with Gasteiger partial charge in [-0.05, 0) is 24.0 Å². The highest BCUT2D eigenvalue weighted by Gasteiger charge is 2.20. The Hall–Kier alpha value is -1.66. The number of pyridine rings is 1. The third-order valence-electron chi connectivity index (χ3n) is 4.55. The molecule has 1 saturated heterocycles. The lowest BCUT2D eigenvalue weighted by molar-refractivity contribution is -0.121. The van der Waals surface area contributed by atoms with Gasteiger partial charge in [-0.1, -0.05) is 19.9 Å². The molecule has 0 aliphatic carbocycles. The zero-order chi connectivity index (χ0) is 17.4. The first-order valence-electron chi connectivity index (χ1n) is 8.76. The first kappa shape index (κ1) is 18.7. The van der Waals surface area contributed by atoms with Gasteiger partial charge in [0, 0.05) is 58.5 Å². The van der Waals surface area contributed by atoms with Crippen molar-refractivity contribution in [3.63, 3.8) is 0 Å². The van der Waals surface area contributed by atoms with Crippen molar-refractivity contribution < 1.29 is 9.90 Å². The zero-order valence-electron chi connectivity index (χ0n) is 14.9. The van der Waals surface area contributed by atoms with Crippen molar-refractivity contribution in [2.45, 2.75) is 26.7 Å². The minimum atomic E-state index is -0.0568. The predicted molar refractivity (Wildman–Crippen MR) is 96.0 cm³/mol. The molecule has 0 saturated carbocycles. The van der Waals surface area contributed by atoms with E-state index in [0.29, 0.717) is 19.4 Å². The Labute approximate surface area is 144 Å². The summed E-state index contributed by atoms with van der Waals surface area (Å²) >= 11 is 0. The smallest absolute Gasteiger partial charge is 0.221 e. The van der Waals surface area contributed by atoms with Crippen molar-refractivity contribution in [3.05, 3.63) is 24.4 Å². The van der Waals surface area contributed by atoms with Crippen LogP contribution in [-0.4, -0.2) is 66.8 Å². The van der Waals surface area contributed by atoms with Crippen LogP contribution in [0.4, 0.5) is 5.82 Å². The van der Waals surface area contributed by atoms with Crippen LogP contribution in [0.3, 0.4) is 0 Å². The van der Waals surface area contributed by atoms with E-state index in [9.17, 15) is 4.79 Å². The van der Waals surface area contributed by atoms with Crippen LogP contribution < -0.4 is 10.2 Å². The fraction of sp³-hybridized carbons (Fsp3) is 0.667. The molecular weight excluding hydrogens is 304 g/mol. The summed E-state index contributed by atoms with van der Waals surface area (Å²) < 4.78 is 0. The maximum Gasteiger partial charge on any atom is 0.221 e. The fourth-order valence-corrected chi connectivity index (χ4v) is 2.82. The number of carbonyl (C=O) groups excluding carboxylic acids is 1. The fourth-order valence-electron chi connectivity index (χ4n) is 2.82. The van der Waals surface area contributed by atoms with E-state index < -0.39 is 0 Å². The van der Waals surface area contributed by atoms with E-state index in [2.05, 4.69) is 33.9 Å². The van der Waals surface area contributed by atoms with Crippen molar-refractivity contribution in [3.8, 4) is 0 Å². The summed E-state index contributed by atoms with van der Waals surface area (Å²) in [6, 6.07) is 5.98. The van der Waals surface area contributed by atoms with Gasteiger partial charge in [0.05, 0.1) is 0 Å². The first-order chi connectivity index (χ1) is 11.5. The average Bonchev–Trinajstić information content (AvgIpc) is 2.59. The Kier molecular flexibility index (Phi) is 6.99. The Bertz CT molecular complexity index is 499. The van der Waals surface area contributed by atoms with Crippen molar-refractivity contribution in [1.82, 2.24) is 15.2 Å². The lowest BCUT2D eigenvalue weighted by atomic mass is 9.90. The molecule has 0 spiro atoms. The molecule has 134 valence electrons. The van der Waals surface area contributed by atoms with Gasteiger partial charge in [-0.25, -0.2) is 4.98 Å². The Morgan fingerprint density at radius 1 is 1.29 bits per heavy atom. The van der Waals surface area contributed by atoms with Gasteiger partial charge >= 0.3 is 0 Å². The van der Waals surface area contributed by atoms with Crippen LogP contribution in [0.2, 0.25) is 0 Å². The van der Waals surface area contributed by atoms with Gasteiger partial charge in [0.1, 0.15) is 5.82 Å². The third-order valence-corrected chi connectivity index (χ3v) is 4.55. The Balaban J connectivity index is 1.64. The van der Waals surface area contributed by atoms with Crippen LogP contribution in [0.1, 0.15) is 26.7 Å². The lowest BCUT2D eigenvalue weighted by Crippen LogP contribution is -2.47. The van der Waals surface area contributed by atoms with Crippen LogP contribution in [0.15, 0.2) is 24.4 Å². The van der Waals surface area contributed by atoms with Gasteiger partial charge < -0.3 is 15.3 Å². The highest BCUT2D eigenvalue weighted by Crippen LogP contribution is 2.18. The molecule has 24 heavy (non-hydrogen) atoms. The Morgan fingerprint density at radius 2 is 2.04 bits per heavy atom. The van der Waals surface area contributed by atoms with Gasteiger partial charge in [-0.2, -0.15) is 0 Å². The van der Waals surface area contributed by atoms with E-state index in [1.807, 2.05) is 24.4 Å². The van der Waals surface area contributed by atoms with Gasteiger partial charge in [0.15, 0.2) is 0 Å². The van der Waals surface area contributed by atoms with Gasteiger partial charge in [0.25, 0.3) is 0 Å². The summed E-state index contributed by atoms with van der Waals surface area (Å²) in [6.45, 7) is 9.48. The summed E-state index contributed by atoms with van der Waals surface area (Å²) in [6.07, 6.45) is 3.05. The molecule has 1 aliphatic heterocycles. The van der Waals surface area contributed by atoms with Gasteiger partial charge in [0.2, 0.25) is 5.91 Å². The number of anilines is 1. The van der Waals surface area contributed by atoms with Crippen LogP contribution in [-0.2, 0) is 4.79 Å². The van der Waals surface area contributed by atoms with E-state index in [1.54, 1.807) is 0 Å². The SMILES string of the molecule is CC(C)(CCO)CNC(=O)CCN1CCN(c2ccccn2)CC1. The molecule has 1 aromatic heterocycles. The van der Waals surface area contributed by atoms with E-state index in [-0.39, 0.29) is 17.9 Å². The number of amides is 1. The number of piperazine rings is 1. The number of aliphatic hydroxyl groups is 1. The quantitative estimate of drug-likeness (QED) is 0.746. The highest BCUT2D eigenvalue weighted by molar-refractivity contribution is 5.76. The number of nitrogens with zero attached hydrogens (tertiary/aromatic N) is 3. The van der Waals surface area contributed by atoms with Crippen molar-refractivity contribution in [1.29, 1.82) is 0 Å². The molecule has 1 aliphatic rings. The molecule has 0 unspecified atom stereocenters. The molecule has 6 nitrogen and oxygen atoms in total. The van der Waals surface area contributed by atoms with Crippen molar-refractivity contribution in [2.75, 3.05) is 50.8 Å². The minimum Gasteiger partial charge on any atom is -0.396 e. The lowest BCUT2D eigenvalue weighted by Gasteiger charge is -2.35. The number of aromatic nitrogens is 1. The zero-order valence-corrected chi connectivity index (χ0v) is 14.9. The largest absolute Gasteiger partial charge is 0.396 e. The molecule has 0 bridgehead atoms. The summed E-state index contributed by atoms with van der Waals surface area (Å²) in [7, 11) is 0. The van der Waals surface area contributed by atoms with Crippen LogP contribution in [0.5, 0.6) is 0 Å². The second-order valence-corrected chi connectivity index (χ2v) is 7.18. The highest BCUT2D eigenvalue weighted by atomic mass is 16.3. The van der Waals surface area contributed by atoms with Crippen LogP contribution >= 0.6 is 0 Å².